The molecule has 0 unspecified atom stereocenters. The molecule has 1 N–H and O–H groups in total. The third-order valence-corrected chi connectivity index (χ3v) is 10.1. The first-order chi connectivity index (χ1) is 22.0. The quantitative estimate of drug-likeness (QED) is 0.250. The predicted octanol–water partition coefficient (Wildman–Crippen LogP) is 0.927. The fourth-order valence-electron chi connectivity index (χ4n) is 7.31. The van der Waals surface area contributed by atoms with Gasteiger partial charge >= 0.3 is 41.8 Å². The van der Waals surface area contributed by atoms with E-state index in [0.29, 0.717) is 0 Å². The number of methoxy groups -OCH3 is 1. The summed E-state index contributed by atoms with van der Waals surface area (Å²) in [5, 5.41) is 2.31. The van der Waals surface area contributed by atoms with Gasteiger partial charge in [-0.1, -0.05) is 27.7 Å². The molecule has 3 amide bonds. The van der Waals surface area contributed by atoms with Crippen LogP contribution in [-0.2, 0) is 66.7 Å². The predicted molar refractivity (Wildman–Crippen MR) is 158 cm³/mol. The number of carbonyl (C=O) groups is 8. The van der Waals surface area contributed by atoms with Crippen molar-refractivity contribution in [2.24, 2.45) is 16.2 Å². The molecule has 3 aliphatic rings. The number of nitrogens with zero attached hydrogens (tertiary/aromatic N) is 1. The molecule has 3 fully saturated rings. The summed E-state index contributed by atoms with van der Waals surface area (Å²) in [4.78, 5) is 104. The van der Waals surface area contributed by atoms with Crippen LogP contribution < -0.4 is 5.32 Å². The minimum Gasteiger partial charge on any atom is -0.465 e. The largest absolute Gasteiger partial charge is 0.465 e. The Bertz CT molecular complexity index is 1390. The highest BCUT2D eigenvalue weighted by atomic mass is 16.7. The maximum atomic E-state index is 14.1. The molecular weight excluding hydrogens is 640 g/mol. The number of amides is 3. The van der Waals surface area contributed by atoms with Gasteiger partial charge in [0.15, 0.2) is 18.3 Å². The number of carbonyl (C=O) groups excluding carboxylic acids is 8. The van der Waals surface area contributed by atoms with Gasteiger partial charge in [-0.25, -0.2) is 9.59 Å². The maximum absolute atomic E-state index is 14.1. The number of esters is 6. The van der Waals surface area contributed by atoms with Crippen molar-refractivity contribution in [3.05, 3.63) is 0 Å². The van der Waals surface area contributed by atoms with Crippen LogP contribution in [0.1, 0.15) is 75.7 Å². The second-order valence-electron chi connectivity index (χ2n) is 13.4. The highest BCUT2D eigenvalue weighted by molar-refractivity contribution is 6.04. The van der Waals surface area contributed by atoms with Crippen molar-refractivity contribution in [3.63, 3.8) is 0 Å². The minimum atomic E-state index is -2.55. The second kappa shape index (κ2) is 13.3. The Morgan fingerprint density at radius 3 is 1.90 bits per heavy atom. The topological polar surface area (TPSA) is 216 Å². The van der Waals surface area contributed by atoms with Crippen molar-refractivity contribution in [2.75, 3.05) is 13.7 Å². The third kappa shape index (κ3) is 6.31. The van der Waals surface area contributed by atoms with Crippen LogP contribution in [0.15, 0.2) is 0 Å². The van der Waals surface area contributed by atoms with Gasteiger partial charge in [0.05, 0.1) is 18.6 Å². The lowest BCUT2D eigenvalue weighted by atomic mass is 9.35. The summed E-state index contributed by atoms with van der Waals surface area (Å²) in [6.45, 7) is 13.3. The fraction of sp³-hybridized carbons (Fsp3) is 0.742. The van der Waals surface area contributed by atoms with E-state index in [1.165, 1.54) is 0 Å². The molecule has 48 heavy (non-hydrogen) atoms. The summed E-state index contributed by atoms with van der Waals surface area (Å²) in [6, 6.07) is -2.09. The number of imide groups is 1. The van der Waals surface area contributed by atoms with Gasteiger partial charge in [0.1, 0.15) is 18.8 Å². The summed E-state index contributed by atoms with van der Waals surface area (Å²) in [5.74, 6) is -6.30. The molecule has 17 nitrogen and oxygen atoms in total. The molecule has 0 bridgehead atoms. The fourth-order valence-corrected chi connectivity index (χ4v) is 7.31. The Kier molecular flexibility index (Phi) is 10.6. The lowest BCUT2D eigenvalue weighted by molar-refractivity contribution is -0.324. The van der Waals surface area contributed by atoms with E-state index in [4.69, 9.17) is 33.2 Å². The van der Waals surface area contributed by atoms with Crippen molar-refractivity contribution in [1.29, 1.82) is 0 Å². The molecule has 3 rings (SSSR count). The van der Waals surface area contributed by atoms with Crippen molar-refractivity contribution >= 4 is 47.8 Å². The molecule has 17 heteroatoms. The maximum Gasteiger partial charge on any atom is 0.360 e. The van der Waals surface area contributed by atoms with Gasteiger partial charge in [0.25, 0.3) is 0 Å². The number of hydrogen-bond acceptors (Lipinski definition) is 15. The molecule has 2 aliphatic heterocycles. The Labute approximate surface area is 277 Å². The molecular formula is C31H44N2O15. The number of nitrogens with one attached hydrogen (secondary N) is 1. The zero-order valence-electron chi connectivity index (χ0n) is 28.9. The molecule has 0 aromatic rings. The standard InChI is InChI=1S/C31H44N2O15/c1-14(34)43-13-20(45-16(3)36)22(47-18(5)38)23-21(46-17(4)37)19(44-15(2)35)12-31(48-23,26(40)42-11)33-24-28(6,7)29(8,9)30(24,10)25(39)32-27(33)41/h19-24H,12-13H2,1-11H3,(H,32,39,41)/t19-,20+,21+,22-,23+,24-,30+,31+/m0/s1. The molecule has 268 valence electrons. The van der Waals surface area contributed by atoms with Gasteiger partial charge in [-0.15, -0.1) is 0 Å². The molecule has 2 saturated heterocycles. The van der Waals surface area contributed by atoms with E-state index in [1.54, 1.807) is 20.8 Å². The van der Waals surface area contributed by atoms with E-state index in [0.717, 1.165) is 46.6 Å². The summed E-state index contributed by atoms with van der Waals surface area (Å²) in [5.41, 5.74) is -5.50. The van der Waals surface area contributed by atoms with Crippen molar-refractivity contribution in [1.82, 2.24) is 10.2 Å². The van der Waals surface area contributed by atoms with Crippen molar-refractivity contribution in [2.45, 2.75) is 118 Å². The van der Waals surface area contributed by atoms with Crippen molar-refractivity contribution < 1.29 is 71.5 Å². The van der Waals surface area contributed by atoms with Crippen molar-refractivity contribution in [3.8, 4) is 0 Å². The number of urea groups is 1. The lowest BCUT2D eigenvalue weighted by Gasteiger charge is -2.75. The monoisotopic (exact) mass is 684 g/mol. The average molecular weight is 685 g/mol. The van der Waals surface area contributed by atoms with E-state index >= 15 is 0 Å². The first-order valence-corrected chi connectivity index (χ1v) is 15.2. The highest BCUT2D eigenvalue weighted by Gasteiger charge is 2.80. The van der Waals surface area contributed by atoms with Crippen LogP contribution in [-0.4, -0.2) is 109 Å². The van der Waals surface area contributed by atoms with E-state index in [1.807, 2.05) is 13.8 Å². The molecule has 0 radical (unpaired) electrons. The van der Waals surface area contributed by atoms with E-state index in [2.05, 4.69) is 5.32 Å². The highest BCUT2D eigenvalue weighted by Crippen LogP contribution is 2.71. The summed E-state index contributed by atoms with van der Waals surface area (Å²) < 4.78 is 38.8. The van der Waals surface area contributed by atoms with Crippen LogP contribution in [0.2, 0.25) is 0 Å². The first kappa shape index (κ1) is 38.2. The number of ether oxygens (including phenoxy) is 7. The van der Waals surface area contributed by atoms with Crippen LogP contribution in [0.4, 0.5) is 4.79 Å². The van der Waals surface area contributed by atoms with Gasteiger partial charge in [-0.05, 0) is 17.8 Å². The summed E-state index contributed by atoms with van der Waals surface area (Å²) in [7, 11) is 1.01. The molecule has 0 aromatic heterocycles. The van der Waals surface area contributed by atoms with Gasteiger partial charge in [-0.3, -0.25) is 39.0 Å². The third-order valence-electron chi connectivity index (χ3n) is 10.1. The number of rotatable bonds is 10. The van der Waals surface area contributed by atoms with Gasteiger partial charge in [0, 0.05) is 41.0 Å². The zero-order chi connectivity index (χ0) is 36.7. The van der Waals surface area contributed by atoms with E-state index in [9.17, 15) is 38.4 Å². The summed E-state index contributed by atoms with van der Waals surface area (Å²) >= 11 is 0. The van der Waals surface area contributed by atoms with Gasteiger partial charge < -0.3 is 33.2 Å². The Balaban J connectivity index is 2.39. The smallest absolute Gasteiger partial charge is 0.360 e. The van der Waals surface area contributed by atoms with Gasteiger partial charge in [-0.2, -0.15) is 0 Å². The molecule has 1 saturated carbocycles. The molecule has 8 atom stereocenters. The van der Waals surface area contributed by atoms with Crippen LogP contribution in [0.25, 0.3) is 0 Å². The number of hydrogen-bond donors (Lipinski definition) is 1. The molecule has 0 spiro atoms. The molecule has 0 aromatic carbocycles. The Morgan fingerprint density at radius 1 is 0.854 bits per heavy atom. The SMILES string of the molecule is COC(=O)[C@@]1(N2C(=O)NC(=O)[C@@]3(C)[C@@H]2C(C)(C)C3(C)C)C[C@H](OC(C)=O)[C@@H](OC(C)=O)[C@H]([C@@H](OC(C)=O)[C@@H](COC(C)=O)OC(C)=O)O1. The first-order valence-electron chi connectivity index (χ1n) is 15.2. The Hall–Kier alpha value is -4.28. The molecule has 2 heterocycles. The van der Waals surface area contributed by atoms with Crippen LogP contribution in [0.3, 0.4) is 0 Å². The zero-order valence-corrected chi connectivity index (χ0v) is 28.9. The average Bonchev–Trinajstić information content (AvgIpc) is 2.95. The van der Waals surface area contributed by atoms with Gasteiger partial charge in [0.2, 0.25) is 11.6 Å². The molecule has 1 aliphatic carbocycles. The second-order valence-corrected chi connectivity index (χ2v) is 13.4. The lowest BCUT2D eigenvalue weighted by Crippen LogP contribution is -2.88. The summed E-state index contributed by atoms with van der Waals surface area (Å²) in [6.07, 6.45) is -9.30. The normalized spacial score (nSPS) is 31.4. The van der Waals surface area contributed by atoms with Crippen LogP contribution in [0.5, 0.6) is 0 Å². The Morgan fingerprint density at radius 2 is 1.42 bits per heavy atom. The van der Waals surface area contributed by atoms with Crippen LogP contribution >= 0.6 is 0 Å². The van der Waals surface area contributed by atoms with E-state index < -0.39 is 119 Å². The van der Waals surface area contributed by atoms with Crippen LogP contribution in [0, 0.1) is 16.2 Å². The van der Waals surface area contributed by atoms with E-state index in [-0.39, 0.29) is 0 Å². The minimum absolute atomic E-state index is 0.603. The number of fused-ring (bicyclic) bond motifs is 1.